The highest BCUT2D eigenvalue weighted by Gasteiger charge is 2.28. The number of unbranched alkanes of at least 4 members (excludes halogenated alkanes) is 1. The van der Waals surface area contributed by atoms with Gasteiger partial charge < -0.3 is 14.9 Å². The lowest BCUT2D eigenvalue weighted by molar-refractivity contribution is -0.645. The number of hydrogen-bond donors (Lipinski definition) is 3. The molecule has 0 saturated carbocycles. The number of nitrogens with zero attached hydrogens (tertiary/aromatic N) is 1. The molecule has 0 bridgehead atoms. The lowest BCUT2D eigenvalue weighted by Gasteiger charge is -2.17. The third-order valence-corrected chi connectivity index (χ3v) is 8.83. The smallest absolute Gasteiger partial charge is 0.337 e. The SMILES string of the molecule is COc1ccc(C=Cc2cc(-c3c(C)cc(C(=O)O)cc3C)c3c(C(=O)O)c4ccccc4[n+](CCCCS(=O)(=O)O)c3c2)cc1. The first-order valence-corrected chi connectivity index (χ1v) is 16.3. The lowest BCUT2D eigenvalue weighted by Crippen LogP contribution is -2.37. The first-order valence-electron chi connectivity index (χ1n) is 14.7. The maximum absolute atomic E-state index is 13.1. The number of methoxy groups -OCH3 is 1. The first-order chi connectivity index (χ1) is 21.9. The molecule has 46 heavy (non-hydrogen) atoms. The largest absolute Gasteiger partial charge is 0.497 e. The molecular formula is C36H34NO8S+. The van der Waals surface area contributed by atoms with Crippen molar-refractivity contribution in [3.05, 3.63) is 106 Å². The number of benzene rings is 4. The second kappa shape index (κ2) is 13.1. The standard InChI is InChI=1S/C36H33NO8S/c1-22-18-26(35(38)39)19-23(2)32(22)29-20-25(11-10-24-12-14-27(45-3)15-13-24)21-31-33(29)34(36(40)41)28-8-4-5-9-30(28)37(31)16-6-7-17-46(42,43)44/h4-5,8-15,18-21H,6-7,16-17H2,1-3H3,(H2-,38,39,40,41,42,43,44)/p+1. The number of aromatic carboxylic acids is 2. The molecule has 0 unspecified atom stereocenters. The van der Waals surface area contributed by atoms with Crippen LogP contribution in [-0.4, -0.2) is 48.0 Å². The van der Waals surface area contributed by atoms with Crippen molar-refractivity contribution in [2.75, 3.05) is 12.9 Å². The summed E-state index contributed by atoms with van der Waals surface area (Å²) >= 11 is 0. The normalized spacial score (nSPS) is 11.8. The van der Waals surface area contributed by atoms with Crippen LogP contribution in [0.3, 0.4) is 0 Å². The Balaban J connectivity index is 1.85. The van der Waals surface area contributed by atoms with E-state index in [1.165, 1.54) is 0 Å². The van der Waals surface area contributed by atoms with Crippen LogP contribution in [0.15, 0.2) is 72.8 Å². The van der Waals surface area contributed by atoms with E-state index in [-0.39, 0.29) is 23.3 Å². The van der Waals surface area contributed by atoms with Crippen molar-refractivity contribution in [2.24, 2.45) is 0 Å². The van der Waals surface area contributed by atoms with Crippen molar-refractivity contribution in [1.29, 1.82) is 0 Å². The van der Waals surface area contributed by atoms with Gasteiger partial charge in [0.05, 0.1) is 34.8 Å². The first kappa shape index (κ1) is 32.3. The molecule has 0 aliphatic heterocycles. The molecule has 9 nitrogen and oxygen atoms in total. The summed E-state index contributed by atoms with van der Waals surface area (Å²) in [6.45, 7) is 3.98. The Morgan fingerprint density at radius 3 is 2.09 bits per heavy atom. The molecule has 5 rings (SSSR count). The van der Waals surface area contributed by atoms with E-state index in [0.29, 0.717) is 51.5 Å². The molecule has 0 spiro atoms. The lowest BCUT2D eigenvalue weighted by atomic mass is 9.87. The zero-order chi connectivity index (χ0) is 33.2. The summed E-state index contributed by atoms with van der Waals surface area (Å²) in [4.78, 5) is 24.9. The molecule has 1 heterocycles. The Morgan fingerprint density at radius 1 is 0.826 bits per heavy atom. The van der Waals surface area contributed by atoms with Gasteiger partial charge in [0.2, 0.25) is 11.0 Å². The third kappa shape index (κ3) is 6.78. The van der Waals surface area contributed by atoms with Crippen LogP contribution in [0.25, 0.3) is 45.1 Å². The van der Waals surface area contributed by atoms with Crippen molar-refractivity contribution in [1.82, 2.24) is 0 Å². The van der Waals surface area contributed by atoms with Crippen LogP contribution in [0.5, 0.6) is 5.75 Å². The fourth-order valence-corrected chi connectivity index (χ4v) is 6.61. The highest BCUT2D eigenvalue weighted by atomic mass is 32.2. The van der Waals surface area contributed by atoms with Crippen LogP contribution in [0.4, 0.5) is 0 Å². The number of ether oxygens (including phenoxy) is 1. The molecular weight excluding hydrogens is 606 g/mol. The van der Waals surface area contributed by atoms with Gasteiger partial charge in [-0.25, -0.2) is 9.59 Å². The number of hydrogen-bond acceptors (Lipinski definition) is 5. The zero-order valence-electron chi connectivity index (χ0n) is 25.6. The van der Waals surface area contributed by atoms with E-state index in [1.54, 1.807) is 31.4 Å². The summed E-state index contributed by atoms with van der Waals surface area (Å²) in [6, 6.07) is 21.7. The van der Waals surface area contributed by atoms with E-state index >= 15 is 0 Å². The van der Waals surface area contributed by atoms with Crippen LogP contribution in [-0.2, 0) is 16.7 Å². The average molecular weight is 641 g/mol. The molecule has 0 fully saturated rings. The molecule has 0 aliphatic carbocycles. The van der Waals surface area contributed by atoms with E-state index in [9.17, 15) is 32.8 Å². The summed E-state index contributed by atoms with van der Waals surface area (Å²) < 4.78 is 39.4. The maximum atomic E-state index is 13.1. The summed E-state index contributed by atoms with van der Waals surface area (Å²) in [7, 11) is -2.54. The summed E-state index contributed by atoms with van der Waals surface area (Å²) in [5.41, 5.74) is 5.95. The number of pyridine rings is 1. The van der Waals surface area contributed by atoms with E-state index in [4.69, 9.17) is 4.74 Å². The molecule has 3 N–H and O–H groups in total. The Kier molecular flexibility index (Phi) is 9.22. The van der Waals surface area contributed by atoms with E-state index in [1.807, 2.05) is 79.1 Å². The average Bonchev–Trinajstić information content (AvgIpc) is 3.00. The summed E-state index contributed by atoms with van der Waals surface area (Å²) in [5.74, 6) is -1.82. The topological polar surface area (TPSA) is 142 Å². The molecule has 1 aromatic heterocycles. The van der Waals surface area contributed by atoms with Gasteiger partial charge in [0.15, 0.2) is 0 Å². The van der Waals surface area contributed by atoms with Crippen LogP contribution < -0.4 is 9.30 Å². The Labute approximate surface area is 266 Å². The zero-order valence-corrected chi connectivity index (χ0v) is 26.5. The van der Waals surface area contributed by atoms with Gasteiger partial charge in [-0.05, 0) is 90.0 Å². The predicted molar refractivity (Wildman–Crippen MR) is 178 cm³/mol. The van der Waals surface area contributed by atoms with Crippen molar-refractivity contribution >= 4 is 56.0 Å². The minimum Gasteiger partial charge on any atom is -0.497 e. The summed E-state index contributed by atoms with van der Waals surface area (Å²) in [6.07, 6.45) is 4.48. The number of rotatable bonds is 11. The Morgan fingerprint density at radius 2 is 1.48 bits per heavy atom. The van der Waals surface area contributed by atoms with Gasteiger partial charge in [-0.2, -0.15) is 13.0 Å². The molecule has 236 valence electrons. The van der Waals surface area contributed by atoms with Crippen molar-refractivity contribution in [3.8, 4) is 16.9 Å². The number of carboxylic acid groups (broad SMARTS) is 2. The number of aryl methyl sites for hydroxylation is 3. The van der Waals surface area contributed by atoms with Gasteiger partial charge in [0.25, 0.3) is 10.1 Å². The van der Waals surface area contributed by atoms with Crippen LogP contribution in [0.1, 0.15) is 55.8 Å². The van der Waals surface area contributed by atoms with Crippen LogP contribution >= 0.6 is 0 Å². The van der Waals surface area contributed by atoms with Crippen LogP contribution in [0, 0.1) is 13.8 Å². The molecule has 5 aromatic rings. The maximum Gasteiger partial charge on any atom is 0.337 e. The van der Waals surface area contributed by atoms with E-state index in [0.717, 1.165) is 22.4 Å². The molecule has 0 aliphatic rings. The Hall–Kier alpha value is -5.06. The number of para-hydroxylation sites is 1. The number of fused-ring (bicyclic) bond motifs is 2. The molecule has 4 aromatic carbocycles. The number of carbonyl (C=O) groups is 2. The van der Waals surface area contributed by atoms with Crippen molar-refractivity contribution in [3.63, 3.8) is 0 Å². The van der Waals surface area contributed by atoms with Gasteiger partial charge in [0.1, 0.15) is 12.3 Å². The van der Waals surface area contributed by atoms with E-state index < -0.39 is 22.1 Å². The second-order valence-electron chi connectivity index (χ2n) is 11.2. The molecule has 0 amide bonds. The molecule has 0 radical (unpaired) electrons. The van der Waals surface area contributed by atoms with Gasteiger partial charge in [-0.15, -0.1) is 0 Å². The minimum atomic E-state index is -4.13. The second-order valence-corrected chi connectivity index (χ2v) is 12.8. The number of aromatic nitrogens is 1. The quantitative estimate of drug-likeness (QED) is 0.0470. The van der Waals surface area contributed by atoms with Crippen molar-refractivity contribution < 1.29 is 42.1 Å². The minimum absolute atomic E-state index is 0.113. The van der Waals surface area contributed by atoms with Gasteiger partial charge in [0, 0.05) is 18.6 Å². The monoisotopic (exact) mass is 640 g/mol. The van der Waals surface area contributed by atoms with E-state index in [2.05, 4.69) is 0 Å². The Bertz CT molecular complexity index is 2110. The summed E-state index contributed by atoms with van der Waals surface area (Å²) in [5, 5.41) is 21.4. The van der Waals surface area contributed by atoms with Crippen molar-refractivity contribution in [2.45, 2.75) is 33.2 Å². The fourth-order valence-electron chi connectivity index (χ4n) is 6.04. The highest BCUT2D eigenvalue weighted by Crippen LogP contribution is 2.39. The van der Waals surface area contributed by atoms with Gasteiger partial charge >= 0.3 is 11.9 Å². The predicted octanol–water partition coefficient (Wildman–Crippen LogP) is 6.81. The van der Waals surface area contributed by atoms with Gasteiger partial charge in [-0.3, -0.25) is 4.55 Å². The molecule has 0 saturated heterocycles. The van der Waals surface area contributed by atoms with Crippen LogP contribution in [0.2, 0.25) is 0 Å². The third-order valence-electron chi connectivity index (χ3n) is 8.03. The van der Waals surface area contributed by atoms with Gasteiger partial charge in [-0.1, -0.05) is 36.4 Å². The fraction of sp³-hybridized carbons (Fsp3) is 0.194. The number of carboxylic acids is 2. The molecule has 10 heteroatoms. The molecule has 0 atom stereocenters. The highest BCUT2D eigenvalue weighted by molar-refractivity contribution is 7.85.